The summed E-state index contributed by atoms with van der Waals surface area (Å²) in [5.74, 6) is -0.910. The van der Waals surface area contributed by atoms with E-state index in [0.717, 1.165) is 5.56 Å². The Morgan fingerprint density at radius 2 is 1.52 bits per heavy atom. The Balaban J connectivity index is 1.23. The van der Waals surface area contributed by atoms with Crippen LogP contribution in [-0.2, 0) is 9.53 Å². The molecule has 6 rings (SSSR count). The summed E-state index contributed by atoms with van der Waals surface area (Å²) in [7, 11) is 0. The number of thioether (sulfide) groups is 1. The topological polar surface area (TPSA) is 148 Å². The molecule has 9 nitrogen and oxygen atoms in total. The zero-order chi connectivity index (χ0) is 32.5. The molecule has 0 aromatic heterocycles. The number of amides is 1. The number of para-hydroxylation sites is 1. The van der Waals surface area contributed by atoms with E-state index in [9.17, 15) is 39.5 Å². The lowest BCUT2D eigenvalue weighted by molar-refractivity contribution is -0.231. The first-order valence-electron chi connectivity index (χ1n) is 14.7. The van der Waals surface area contributed by atoms with Crippen LogP contribution in [0, 0.1) is 5.82 Å². The number of benzene rings is 4. The Morgan fingerprint density at radius 1 is 0.848 bits per heavy atom. The van der Waals surface area contributed by atoms with Crippen LogP contribution in [0.25, 0.3) is 11.1 Å². The number of ketones is 1. The second-order valence-corrected chi connectivity index (χ2v) is 12.4. The molecule has 2 saturated heterocycles. The minimum Gasteiger partial charge on any atom is -0.508 e. The van der Waals surface area contributed by atoms with Crippen molar-refractivity contribution in [3.8, 4) is 16.9 Å². The summed E-state index contributed by atoms with van der Waals surface area (Å²) in [6.07, 6.45) is -6.33. The molecule has 0 spiro atoms. The molecule has 238 valence electrons. The van der Waals surface area contributed by atoms with Crippen LogP contribution in [0.2, 0.25) is 0 Å². The molecule has 46 heavy (non-hydrogen) atoms. The standard InChI is InChI=1S/C35H32FNO8S/c36-23-13-10-20(11-14-23)27(40)18-46-34-29(37(35(34)44)24-4-2-1-3-5-24)25-15-12-22(16-26(25)39)19-6-8-21(9-7-19)33-32(43)31(42)30(41)28(17-38)45-33/h1-16,28-34,38-39,41-43H,17-18H2/t28-,29-,30-,31+,32-,33?,34-/m1/s1. The number of phenols is 1. The van der Waals surface area contributed by atoms with Gasteiger partial charge in [-0.15, -0.1) is 11.8 Å². The maximum Gasteiger partial charge on any atom is 0.243 e. The van der Waals surface area contributed by atoms with Crippen molar-refractivity contribution in [3.63, 3.8) is 0 Å². The van der Waals surface area contributed by atoms with Crippen molar-refractivity contribution < 1.29 is 44.2 Å². The van der Waals surface area contributed by atoms with Gasteiger partial charge in [-0.3, -0.25) is 9.59 Å². The number of carbonyl (C=O) groups is 2. The molecule has 4 aromatic rings. The highest BCUT2D eigenvalue weighted by Crippen LogP contribution is 2.48. The number of rotatable bonds is 9. The maximum absolute atomic E-state index is 13.4. The Morgan fingerprint density at radius 3 is 2.17 bits per heavy atom. The monoisotopic (exact) mass is 645 g/mol. The molecular weight excluding hydrogens is 613 g/mol. The lowest BCUT2D eigenvalue weighted by Gasteiger charge is -2.47. The number of halogens is 1. The Labute approximate surface area is 268 Å². The number of carbonyl (C=O) groups excluding carboxylic acids is 2. The lowest BCUT2D eigenvalue weighted by atomic mass is 9.89. The van der Waals surface area contributed by atoms with Crippen LogP contribution in [0.5, 0.6) is 5.75 Å². The van der Waals surface area contributed by atoms with Crippen LogP contribution in [0.1, 0.15) is 33.6 Å². The summed E-state index contributed by atoms with van der Waals surface area (Å²) in [4.78, 5) is 27.8. The van der Waals surface area contributed by atoms with Gasteiger partial charge in [0.05, 0.1) is 18.4 Å². The molecule has 2 aliphatic rings. The largest absolute Gasteiger partial charge is 0.508 e. The number of hydrogen-bond acceptors (Lipinski definition) is 9. The van der Waals surface area contributed by atoms with Crippen molar-refractivity contribution in [2.24, 2.45) is 0 Å². The van der Waals surface area contributed by atoms with Gasteiger partial charge in [-0.2, -0.15) is 0 Å². The molecule has 0 bridgehead atoms. The molecular formula is C35H32FNO8S. The van der Waals surface area contributed by atoms with Crippen LogP contribution in [0.15, 0.2) is 97.1 Å². The molecule has 11 heteroatoms. The second kappa shape index (κ2) is 13.3. The molecule has 5 N–H and O–H groups in total. The van der Waals surface area contributed by atoms with Gasteiger partial charge in [0, 0.05) is 16.8 Å². The third-order valence-electron chi connectivity index (χ3n) is 8.45. The first-order chi connectivity index (χ1) is 22.2. The predicted octanol–water partition coefficient (Wildman–Crippen LogP) is 3.79. The first kappa shape index (κ1) is 31.9. The molecule has 0 saturated carbocycles. The van der Waals surface area contributed by atoms with Crippen LogP contribution in [-0.4, -0.2) is 79.2 Å². The van der Waals surface area contributed by atoms with E-state index in [1.165, 1.54) is 36.0 Å². The van der Waals surface area contributed by atoms with E-state index in [1.54, 1.807) is 53.4 Å². The molecule has 2 aliphatic heterocycles. The quantitative estimate of drug-likeness (QED) is 0.136. The van der Waals surface area contributed by atoms with Crippen molar-refractivity contribution >= 4 is 29.1 Å². The number of hydrogen-bond donors (Lipinski definition) is 5. The molecule has 2 heterocycles. The van der Waals surface area contributed by atoms with Crippen LogP contribution in [0.4, 0.5) is 10.1 Å². The summed E-state index contributed by atoms with van der Waals surface area (Å²) < 4.78 is 19.0. The summed E-state index contributed by atoms with van der Waals surface area (Å²) in [6.45, 7) is -0.524. The van der Waals surface area contributed by atoms with Crippen molar-refractivity contribution in [3.05, 3.63) is 120 Å². The maximum atomic E-state index is 13.4. The Hall–Kier alpha value is -4.10. The van der Waals surface area contributed by atoms with Gasteiger partial charge in [0.2, 0.25) is 5.91 Å². The lowest BCUT2D eigenvalue weighted by Crippen LogP contribution is -2.57. The second-order valence-electron chi connectivity index (χ2n) is 11.3. The number of phenolic OH excluding ortho intramolecular Hbond substituents is 1. The zero-order valence-corrected chi connectivity index (χ0v) is 25.2. The average molecular weight is 646 g/mol. The molecule has 2 fully saturated rings. The van der Waals surface area contributed by atoms with E-state index in [1.807, 2.05) is 24.3 Å². The summed E-state index contributed by atoms with van der Waals surface area (Å²) in [6, 6.07) is 25.8. The smallest absolute Gasteiger partial charge is 0.243 e. The fraction of sp³-hybridized carbons (Fsp3) is 0.257. The SMILES string of the molecule is O=C(CS[C@H]1C(=O)N(c2ccccc2)[C@@H]1c1ccc(-c2ccc(C3O[C@H](CO)[C@@H](O)[C@H](O)[C@H]3O)cc2)cc1O)c1ccc(F)cc1. The van der Waals surface area contributed by atoms with E-state index in [-0.39, 0.29) is 23.2 Å². The van der Waals surface area contributed by atoms with Crippen molar-refractivity contribution in [2.45, 2.75) is 41.8 Å². The number of aliphatic hydroxyl groups is 4. The van der Waals surface area contributed by atoms with Crippen LogP contribution in [0.3, 0.4) is 0 Å². The minimum absolute atomic E-state index is 0.000802. The van der Waals surface area contributed by atoms with Crippen molar-refractivity contribution in [1.82, 2.24) is 0 Å². The number of Topliss-reactive ketones (excluding diaryl/α,β-unsaturated/α-hetero) is 1. The van der Waals surface area contributed by atoms with Gasteiger partial charge < -0.3 is 35.2 Å². The van der Waals surface area contributed by atoms with Crippen molar-refractivity contribution in [1.29, 1.82) is 0 Å². The number of anilines is 1. The van der Waals surface area contributed by atoms with E-state index in [4.69, 9.17) is 4.74 Å². The summed E-state index contributed by atoms with van der Waals surface area (Å²) in [5.41, 5.74) is 3.46. The van der Waals surface area contributed by atoms with Gasteiger partial charge in [0.25, 0.3) is 0 Å². The molecule has 0 radical (unpaired) electrons. The van der Waals surface area contributed by atoms with E-state index in [2.05, 4.69) is 0 Å². The molecule has 0 aliphatic carbocycles. The number of ether oxygens (including phenoxy) is 1. The fourth-order valence-corrected chi connectivity index (χ4v) is 7.11. The van der Waals surface area contributed by atoms with Gasteiger partial charge in [0.1, 0.15) is 47.3 Å². The highest BCUT2D eigenvalue weighted by molar-refractivity contribution is 8.01. The van der Waals surface area contributed by atoms with Gasteiger partial charge >= 0.3 is 0 Å². The number of β-lactam (4-membered cyclic amide) rings is 1. The minimum atomic E-state index is -1.49. The number of nitrogens with zero attached hydrogens (tertiary/aromatic N) is 1. The average Bonchev–Trinajstić information content (AvgIpc) is 3.07. The third kappa shape index (κ3) is 6.05. The fourth-order valence-electron chi connectivity index (χ4n) is 5.90. The molecule has 7 atom stereocenters. The number of aromatic hydroxyl groups is 1. The third-order valence-corrected chi connectivity index (χ3v) is 9.70. The zero-order valence-electron chi connectivity index (χ0n) is 24.4. The normalized spacial score (nSPS) is 26.1. The van der Waals surface area contributed by atoms with Crippen LogP contribution < -0.4 is 4.90 Å². The Kier molecular flexibility index (Phi) is 9.23. The highest BCUT2D eigenvalue weighted by Gasteiger charge is 2.50. The predicted molar refractivity (Wildman–Crippen MR) is 170 cm³/mol. The first-order valence-corrected chi connectivity index (χ1v) is 15.7. The van der Waals surface area contributed by atoms with E-state index < -0.39 is 54.2 Å². The highest BCUT2D eigenvalue weighted by atomic mass is 32.2. The van der Waals surface area contributed by atoms with Gasteiger partial charge in [-0.05, 0) is 59.2 Å². The molecule has 1 amide bonds. The summed E-state index contributed by atoms with van der Waals surface area (Å²) >= 11 is 1.18. The van der Waals surface area contributed by atoms with Gasteiger partial charge in [0.15, 0.2) is 5.78 Å². The van der Waals surface area contributed by atoms with Crippen molar-refractivity contribution in [2.75, 3.05) is 17.3 Å². The van der Waals surface area contributed by atoms with E-state index >= 15 is 0 Å². The van der Waals surface area contributed by atoms with Gasteiger partial charge in [-0.1, -0.05) is 54.6 Å². The molecule has 1 unspecified atom stereocenters. The van der Waals surface area contributed by atoms with E-state index in [0.29, 0.717) is 27.9 Å². The number of aliphatic hydroxyl groups excluding tert-OH is 4. The van der Waals surface area contributed by atoms with Gasteiger partial charge in [-0.25, -0.2) is 4.39 Å². The Bertz CT molecular complexity index is 1700. The van der Waals surface area contributed by atoms with Crippen LogP contribution >= 0.6 is 11.8 Å². The summed E-state index contributed by atoms with van der Waals surface area (Å²) in [5, 5.41) is 50.8. The molecule has 4 aromatic carbocycles.